The highest BCUT2D eigenvalue weighted by Crippen LogP contribution is 2.34. The van der Waals surface area contributed by atoms with Gasteiger partial charge in [0, 0.05) is 18.3 Å². The van der Waals surface area contributed by atoms with Gasteiger partial charge in [-0.05, 0) is 16.6 Å². The Labute approximate surface area is 163 Å². The Kier molecular flexibility index (Phi) is 4.54. The molecule has 0 bridgehead atoms. The summed E-state index contributed by atoms with van der Waals surface area (Å²) in [4.78, 5) is 0. The number of hydrogen-bond acceptors (Lipinski definition) is 4. The van der Waals surface area contributed by atoms with E-state index in [1.165, 1.54) is 0 Å². The molecule has 0 spiro atoms. The molecule has 6 heteroatoms. The molecule has 0 unspecified atom stereocenters. The predicted octanol–water partition coefficient (Wildman–Crippen LogP) is 2.62. The van der Waals surface area contributed by atoms with Crippen molar-refractivity contribution in [2.75, 3.05) is 5.32 Å². The van der Waals surface area contributed by atoms with E-state index in [-0.39, 0.29) is 0 Å². The molecule has 132 valence electrons. The standard InChI is InChI=1S/C22H16BN5/c23-19-14-27-28-21(19)17(11-24)20(16-9-5-2-6-10-16)18(12-25)22(28)26-13-15-7-3-1-4-8-15/h1-10,14,26H,13,23H2. The van der Waals surface area contributed by atoms with E-state index >= 15 is 0 Å². The van der Waals surface area contributed by atoms with Crippen LogP contribution in [-0.2, 0) is 6.54 Å². The van der Waals surface area contributed by atoms with E-state index in [2.05, 4.69) is 22.6 Å². The molecule has 2 heterocycles. The fraction of sp³-hybridized carbons (Fsp3) is 0.0455. The summed E-state index contributed by atoms with van der Waals surface area (Å²) in [5, 5.41) is 27.7. The van der Waals surface area contributed by atoms with Gasteiger partial charge in [-0.25, -0.2) is 4.52 Å². The molecule has 0 atom stereocenters. The first-order chi connectivity index (χ1) is 13.7. The summed E-state index contributed by atoms with van der Waals surface area (Å²) >= 11 is 0. The summed E-state index contributed by atoms with van der Waals surface area (Å²) in [6, 6.07) is 24.1. The van der Waals surface area contributed by atoms with Gasteiger partial charge in [0.1, 0.15) is 31.4 Å². The molecule has 0 aliphatic heterocycles. The van der Waals surface area contributed by atoms with Crippen LogP contribution < -0.4 is 10.8 Å². The van der Waals surface area contributed by atoms with Gasteiger partial charge in [-0.15, -0.1) is 0 Å². The number of pyridine rings is 1. The van der Waals surface area contributed by atoms with E-state index in [0.717, 1.165) is 22.1 Å². The summed E-state index contributed by atoms with van der Waals surface area (Å²) in [5.74, 6) is 0.590. The van der Waals surface area contributed by atoms with Crippen molar-refractivity contribution in [3.8, 4) is 23.3 Å². The van der Waals surface area contributed by atoms with Gasteiger partial charge in [0.25, 0.3) is 0 Å². The van der Waals surface area contributed by atoms with Gasteiger partial charge in [0.05, 0.1) is 11.1 Å². The molecule has 5 nitrogen and oxygen atoms in total. The van der Waals surface area contributed by atoms with E-state index < -0.39 is 0 Å². The van der Waals surface area contributed by atoms with Crippen molar-refractivity contribution < 1.29 is 0 Å². The number of nitrogens with one attached hydrogen (secondary N) is 1. The Morgan fingerprint density at radius 1 is 0.929 bits per heavy atom. The number of nitrogens with zero attached hydrogens (tertiary/aromatic N) is 4. The maximum Gasteiger partial charge on any atom is 0.147 e. The van der Waals surface area contributed by atoms with Crippen LogP contribution in [0.15, 0.2) is 66.9 Å². The molecule has 1 N–H and O–H groups in total. The normalized spacial score (nSPS) is 10.4. The largest absolute Gasteiger partial charge is 0.365 e. The second-order valence-corrected chi connectivity index (χ2v) is 6.49. The molecule has 4 rings (SSSR count). The van der Waals surface area contributed by atoms with Crippen LogP contribution in [0.4, 0.5) is 5.82 Å². The maximum atomic E-state index is 10.0. The maximum absolute atomic E-state index is 10.0. The van der Waals surface area contributed by atoms with E-state index in [4.69, 9.17) is 0 Å². The minimum absolute atomic E-state index is 0.411. The lowest BCUT2D eigenvalue weighted by molar-refractivity contribution is 0.939. The molecule has 28 heavy (non-hydrogen) atoms. The van der Waals surface area contributed by atoms with Crippen LogP contribution in [0.1, 0.15) is 16.7 Å². The predicted molar refractivity (Wildman–Crippen MR) is 112 cm³/mol. The fourth-order valence-corrected chi connectivity index (χ4v) is 3.43. The van der Waals surface area contributed by atoms with E-state index in [0.29, 0.717) is 29.1 Å². The monoisotopic (exact) mass is 361 g/mol. The van der Waals surface area contributed by atoms with Crippen LogP contribution in [0, 0.1) is 22.7 Å². The smallest absolute Gasteiger partial charge is 0.147 e. The van der Waals surface area contributed by atoms with E-state index in [1.807, 2.05) is 68.5 Å². The first-order valence-electron chi connectivity index (χ1n) is 8.92. The fourth-order valence-electron chi connectivity index (χ4n) is 3.43. The molecule has 2 aromatic heterocycles. The Morgan fingerprint density at radius 2 is 1.57 bits per heavy atom. The summed E-state index contributed by atoms with van der Waals surface area (Å²) in [5.41, 5.74) is 5.04. The van der Waals surface area contributed by atoms with E-state index in [9.17, 15) is 10.5 Å². The van der Waals surface area contributed by atoms with Crippen LogP contribution in [0.5, 0.6) is 0 Å². The lowest BCUT2D eigenvalue weighted by Crippen LogP contribution is -2.12. The van der Waals surface area contributed by atoms with Gasteiger partial charge in [0.15, 0.2) is 0 Å². The van der Waals surface area contributed by atoms with Crippen molar-refractivity contribution in [3.63, 3.8) is 0 Å². The Hall–Kier alpha value is -4.03. The summed E-state index contributed by atoms with van der Waals surface area (Å²) in [6.07, 6.45) is 1.72. The van der Waals surface area contributed by atoms with Crippen molar-refractivity contribution in [2.24, 2.45) is 0 Å². The second-order valence-electron chi connectivity index (χ2n) is 6.49. The summed E-state index contributed by atoms with van der Waals surface area (Å²) in [7, 11) is 1.92. The molecule has 0 saturated carbocycles. The highest BCUT2D eigenvalue weighted by molar-refractivity contribution is 6.37. The van der Waals surface area contributed by atoms with Crippen molar-refractivity contribution in [2.45, 2.75) is 6.54 Å². The van der Waals surface area contributed by atoms with Crippen LogP contribution in [-0.4, -0.2) is 17.5 Å². The highest BCUT2D eigenvalue weighted by Gasteiger charge is 2.22. The number of anilines is 1. The second kappa shape index (κ2) is 7.30. The molecule has 2 aromatic carbocycles. The summed E-state index contributed by atoms with van der Waals surface area (Å²) < 4.78 is 1.67. The molecule has 0 aliphatic rings. The van der Waals surface area contributed by atoms with Crippen molar-refractivity contribution in [1.82, 2.24) is 9.61 Å². The number of aromatic nitrogens is 2. The third-order valence-electron chi connectivity index (χ3n) is 4.73. The van der Waals surface area contributed by atoms with Crippen LogP contribution in [0.25, 0.3) is 16.6 Å². The highest BCUT2D eigenvalue weighted by atomic mass is 15.3. The molecule has 0 radical (unpaired) electrons. The molecule has 0 saturated heterocycles. The average molecular weight is 361 g/mol. The van der Waals surface area contributed by atoms with Crippen molar-refractivity contribution in [1.29, 1.82) is 10.5 Å². The minimum Gasteiger partial charge on any atom is -0.365 e. The van der Waals surface area contributed by atoms with Gasteiger partial charge >= 0.3 is 0 Å². The SMILES string of the molecule is Bc1cnn2c(NCc3ccccc3)c(C#N)c(-c3ccccc3)c(C#N)c12. The van der Waals surface area contributed by atoms with Crippen LogP contribution in [0.3, 0.4) is 0 Å². The third-order valence-corrected chi connectivity index (χ3v) is 4.73. The lowest BCUT2D eigenvalue weighted by Gasteiger charge is -2.16. The van der Waals surface area contributed by atoms with Crippen LogP contribution in [0.2, 0.25) is 0 Å². The molecular formula is C22H16BN5. The quantitative estimate of drug-likeness (QED) is 0.567. The van der Waals surface area contributed by atoms with Gasteiger partial charge < -0.3 is 5.32 Å². The van der Waals surface area contributed by atoms with Gasteiger partial charge in [0.2, 0.25) is 0 Å². The molecule has 4 aromatic rings. The molecule has 0 aliphatic carbocycles. The van der Waals surface area contributed by atoms with Crippen LogP contribution >= 0.6 is 0 Å². The Bertz CT molecular complexity index is 1230. The third kappa shape index (κ3) is 2.88. The first kappa shape index (κ1) is 17.4. The van der Waals surface area contributed by atoms with Gasteiger partial charge in [-0.1, -0.05) is 60.7 Å². The zero-order valence-electron chi connectivity index (χ0n) is 15.3. The average Bonchev–Trinajstić information content (AvgIpc) is 3.14. The molecule has 0 fully saturated rings. The number of rotatable bonds is 4. The number of benzene rings is 2. The Balaban J connectivity index is 1.99. The van der Waals surface area contributed by atoms with Crippen molar-refractivity contribution in [3.05, 3.63) is 83.6 Å². The van der Waals surface area contributed by atoms with Crippen molar-refractivity contribution >= 4 is 24.6 Å². The minimum atomic E-state index is 0.411. The van der Waals surface area contributed by atoms with E-state index in [1.54, 1.807) is 10.7 Å². The number of hydrogen-bond donors (Lipinski definition) is 1. The molecular weight excluding hydrogens is 345 g/mol. The van der Waals surface area contributed by atoms with Gasteiger partial charge in [-0.3, -0.25) is 0 Å². The summed E-state index contributed by atoms with van der Waals surface area (Å²) in [6.45, 7) is 0.545. The lowest BCUT2D eigenvalue weighted by atomic mass is 9.90. The zero-order valence-corrected chi connectivity index (χ0v) is 15.3. The zero-order chi connectivity index (χ0) is 19.5. The number of nitriles is 2. The molecule has 0 amide bonds. The first-order valence-corrected chi connectivity index (χ1v) is 8.92. The topological polar surface area (TPSA) is 76.9 Å². The van der Waals surface area contributed by atoms with Gasteiger partial charge in [-0.2, -0.15) is 15.6 Å². The Morgan fingerprint density at radius 3 is 2.21 bits per heavy atom. The number of fused-ring (bicyclic) bond motifs is 1.